The van der Waals surface area contributed by atoms with Gasteiger partial charge in [-0.05, 0) is 38.0 Å². The molecule has 0 radical (unpaired) electrons. The Hall–Kier alpha value is -3.03. The van der Waals surface area contributed by atoms with Crippen LogP contribution >= 0.6 is 0 Å². The number of rotatable bonds is 5. The summed E-state index contributed by atoms with van der Waals surface area (Å²) in [6, 6.07) is 4.70. The number of Topliss-reactive ketones (excluding diaryl/α,β-unsaturated/α-hetero) is 1. The van der Waals surface area contributed by atoms with Crippen LogP contribution in [-0.4, -0.2) is 76.3 Å². The van der Waals surface area contributed by atoms with Gasteiger partial charge in [-0.1, -0.05) is 19.3 Å². The van der Waals surface area contributed by atoms with Crippen molar-refractivity contribution in [1.29, 1.82) is 0 Å². The van der Waals surface area contributed by atoms with Crippen LogP contribution in [0.25, 0.3) is 0 Å². The Kier molecular flexibility index (Phi) is 6.39. The number of fused-ring (bicyclic) bond motifs is 1. The molecule has 32 heavy (non-hydrogen) atoms. The molecule has 1 aromatic rings. The van der Waals surface area contributed by atoms with Crippen LogP contribution in [0.5, 0.6) is 0 Å². The van der Waals surface area contributed by atoms with Crippen LogP contribution in [0.3, 0.4) is 0 Å². The van der Waals surface area contributed by atoms with Gasteiger partial charge < -0.3 is 14.6 Å². The Morgan fingerprint density at radius 3 is 2.12 bits per heavy atom. The number of hydrogen-bond donors (Lipinski definition) is 0. The van der Waals surface area contributed by atoms with E-state index in [1.54, 1.807) is 28.0 Å². The van der Waals surface area contributed by atoms with Crippen molar-refractivity contribution in [3.05, 3.63) is 34.9 Å². The predicted octanol–water partition coefficient (Wildman–Crippen LogP) is 2.27. The maximum Gasteiger partial charge on any atom is 0.261 e. The molecule has 1 saturated carbocycles. The van der Waals surface area contributed by atoms with Crippen molar-refractivity contribution in [2.24, 2.45) is 0 Å². The van der Waals surface area contributed by atoms with Crippen LogP contribution in [0.4, 0.5) is 0 Å². The molecule has 1 saturated heterocycles. The molecular formula is C24H29N3O5. The van der Waals surface area contributed by atoms with Crippen LogP contribution in [0, 0.1) is 0 Å². The Morgan fingerprint density at radius 2 is 1.47 bits per heavy atom. The zero-order chi connectivity index (χ0) is 22.8. The summed E-state index contributed by atoms with van der Waals surface area (Å²) in [7, 11) is 0. The van der Waals surface area contributed by atoms with Crippen molar-refractivity contribution < 1.29 is 24.0 Å². The van der Waals surface area contributed by atoms with Gasteiger partial charge in [0.1, 0.15) is 5.78 Å². The number of ketones is 1. The standard InChI is InChI=1S/C24H29N3O5/c1-16(28)7-10-21(29)25-11-13-26(14-12-25)22(30)17-8-9-19-20(15-17)24(32)27(23(19)31)18-5-3-2-4-6-18/h8-9,15,18H,2-7,10-14H2,1H3. The van der Waals surface area contributed by atoms with Crippen LogP contribution in [0.15, 0.2) is 18.2 Å². The molecule has 0 aromatic heterocycles. The van der Waals surface area contributed by atoms with Crippen LogP contribution in [-0.2, 0) is 9.59 Å². The first kappa shape index (κ1) is 22.2. The molecule has 4 rings (SSSR count). The fourth-order valence-corrected chi connectivity index (χ4v) is 4.85. The zero-order valence-corrected chi connectivity index (χ0v) is 18.5. The molecule has 1 aromatic carbocycles. The van der Waals surface area contributed by atoms with Crippen molar-refractivity contribution >= 4 is 29.4 Å². The van der Waals surface area contributed by atoms with Crippen molar-refractivity contribution in [3.8, 4) is 0 Å². The maximum absolute atomic E-state index is 13.0. The molecule has 0 atom stereocenters. The lowest BCUT2D eigenvalue weighted by atomic mass is 9.94. The Labute approximate surface area is 187 Å². The first-order valence-electron chi connectivity index (χ1n) is 11.4. The highest BCUT2D eigenvalue weighted by Gasteiger charge is 2.40. The SMILES string of the molecule is CC(=O)CCC(=O)N1CCN(C(=O)c2ccc3c(c2)C(=O)N(C2CCCCC2)C3=O)CC1. The molecule has 1 aliphatic carbocycles. The minimum Gasteiger partial charge on any atom is -0.339 e. The summed E-state index contributed by atoms with van der Waals surface area (Å²) < 4.78 is 0. The van der Waals surface area contributed by atoms with Gasteiger partial charge in [0.15, 0.2) is 0 Å². The molecule has 2 fully saturated rings. The molecule has 0 bridgehead atoms. The summed E-state index contributed by atoms with van der Waals surface area (Å²) in [5, 5.41) is 0. The van der Waals surface area contributed by atoms with E-state index in [9.17, 15) is 24.0 Å². The lowest BCUT2D eigenvalue weighted by Crippen LogP contribution is -2.50. The number of hydrogen-bond acceptors (Lipinski definition) is 5. The lowest BCUT2D eigenvalue weighted by molar-refractivity contribution is -0.134. The topological polar surface area (TPSA) is 95.1 Å². The number of carbonyl (C=O) groups excluding carboxylic acids is 5. The highest BCUT2D eigenvalue weighted by atomic mass is 16.2. The highest BCUT2D eigenvalue weighted by Crippen LogP contribution is 2.31. The lowest BCUT2D eigenvalue weighted by Gasteiger charge is -2.35. The largest absolute Gasteiger partial charge is 0.339 e. The summed E-state index contributed by atoms with van der Waals surface area (Å²) in [5.41, 5.74) is 1.06. The van der Waals surface area contributed by atoms with Gasteiger partial charge in [-0.2, -0.15) is 0 Å². The number of benzene rings is 1. The van der Waals surface area contributed by atoms with Gasteiger partial charge in [0.25, 0.3) is 17.7 Å². The minimum atomic E-state index is -0.299. The van der Waals surface area contributed by atoms with E-state index in [2.05, 4.69) is 0 Å². The van der Waals surface area contributed by atoms with Crippen LogP contribution < -0.4 is 0 Å². The van der Waals surface area contributed by atoms with E-state index in [0.29, 0.717) is 42.9 Å². The molecule has 8 heteroatoms. The molecule has 4 amide bonds. The van der Waals surface area contributed by atoms with Gasteiger partial charge in [0, 0.05) is 50.6 Å². The summed E-state index contributed by atoms with van der Waals surface area (Å²) in [6.07, 6.45) is 5.28. The van der Waals surface area contributed by atoms with Gasteiger partial charge in [0.2, 0.25) is 5.91 Å². The summed E-state index contributed by atoms with van der Waals surface area (Å²) in [4.78, 5) is 66.9. The molecule has 0 N–H and O–H groups in total. The summed E-state index contributed by atoms with van der Waals surface area (Å²) in [6.45, 7) is 3.08. The van der Waals surface area contributed by atoms with Crippen LogP contribution in [0.1, 0.15) is 82.9 Å². The first-order chi connectivity index (χ1) is 15.4. The van der Waals surface area contributed by atoms with E-state index < -0.39 is 0 Å². The van der Waals surface area contributed by atoms with Gasteiger partial charge >= 0.3 is 0 Å². The van der Waals surface area contributed by atoms with E-state index in [1.165, 1.54) is 11.8 Å². The van der Waals surface area contributed by atoms with E-state index in [0.717, 1.165) is 32.1 Å². The highest BCUT2D eigenvalue weighted by molar-refractivity contribution is 6.22. The third-order valence-electron chi connectivity index (χ3n) is 6.72. The van der Waals surface area contributed by atoms with Crippen LogP contribution in [0.2, 0.25) is 0 Å². The van der Waals surface area contributed by atoms with E-state index >= 15 is 0 Å². The fourth-order valence-electron chi connectivity index (χ4n) is 4.85. The summed E-state index contributed by atoms with van der Waals surface area (Å²) in [5.74, 6) is -0.850. The van der Waals surface area contributed by atoms with Crippen molar-refractivity contribution in [2.45, 2.75) is 57.9 Å². The first-order valence-corrected chi connectivity index (χ1v) is 11.4. The average Bonchev–Trinajstić information content (AvgIpc) is 3.07. The van der Waals surface area contributed by atoms with E-state index in [-0.39, 0.29) is 48.3 Å². The molecular weight excluding hydrogens is 410 g/mol. The monoisotopic (exact) mass is 439 g/mol. The fraction of sp³-hybridized carbons (Fsp3) is 0.542. The Bertz CT molecular complexity index is 958. The molecule has 3 aliphatic rings. The molecule has 0 unspecified atom stereocenters. The molecule has 8 nitrogen and oxygen atoms in total. The zero-order valence-electron chi connectivity index (χ0n) is 18.5. The number of nitrogens with zero attached hydrogens (tertiary/aromatic N) is 3. The van der Waals surface area contributed by atoms with Gasteiger partial charge in [-0.3, -0.25) is 24.1 Å². The molecule has 2 aliphatic heterocycles. The Morgan fingerprint density at radius 1 is 0.844 bits per heavy atom. The molecule has 170 valence electrons. The second-order valence-corrected chi connectivity index (χ2v) is 8.91. The molecule has 2 heterocycles. The normalized spacial score (nSPS) is 19.3. The number of piperazine rings is 1. The summed E-state index contributed by atoms with van der Waals surface area (Å²) >= 11 is 0. The minimum absolute atomic E-state index is 0.0149. The van der Waals surface area contributed by atoms with Crippen molar-refractivity contribution in [3.63, 3.8) is 0 Å². The predicted molar refractivity (Wildman–Crippen MR) is 116 cm³/mol. The maximum atomic E-state index is 13.0. The molecule has 0 spiro atoms. The van der Waals surface area contributed by atoms with Crippen molar-refractivity contribution in [1.82, 2.24) is 14.7 Å². The Balaban J connectivity index is 1.41. The smallest absolute Gasteiger partial charge is 0.261 e. The van der Waals surface area contributed by atoms with E-state index in [4.69, 9.17) is 0 Å². The van der Waals surface area contributed by atoms with Gasteiger partial charge in [-0.15, -0.1) is 0 Å². The van der Waals surface area contributed by atoms with Gasteiger partial charge in [0.05, 0.1) is 11.1 Å². The van der Waals surface area contributed by atoms with Crippen molar-refractivity contribution in [2.75, 3.05) is 26.2 Å². The third kappa shape index (κ3) is 4.31. The third-order valence-corrected chi connectivity index (χ3v) is 6.72. The van der Waals surface area contributed by atoms with E-state index in [1.807, 2.05) is 0 Å². The van der Waals surface area contributed by atoms with Gasteiger partial charge in [-0.25, -0.2) is 0 Å². The second kappa shape index (κ2) is 9.22. The number of imide groups is 1. The number of carbonyl (C=O) groups is 5. The quantitative estimate of drug-likeness (QED) is 0.656. The second-order valence-electron chi connectivity index (χ2n) is 8.91. The average molecular weight is 440 g/mol. The number of amides is 4.